The average Bonchev–Trinajstić information content (AvgIpc) is 2.48. The molecule has 5 heteroatoms. The fourth-order valence-electron chi connectivity index (χ4n) is 1.81. The number of carbonyl (C=O) groups is 1. The maximum absolute atomic E-state index is 11.9. The van der Waals surface area contributed by atoms with Gasteiger partial charge in [-0.1, -0.05) is 30.3 Å². The number of ketones is 1. The maximum Gasteiger partial charge on any atom is 0.174 e. The number of Topliss-reactive ketones (excluding diaryl/α,β-unsaturated/α-hetero) is 1. The summed E-state index contributed by atoms with van der Waals surface area (Å²) in [5.41, 5.74) is 0.987. The Morgan fingerprint density at radius 1 is 1.05 bits per heavy atom. The van der Waals surface area contributed by atoms with Crippen LogP contribution in [0.3, 0.4) is 0 Å². The molecule has 0 aliphatic rings. The molecule has 0 N–H and O–H groups in total. The van der Waals surface area contributed by atoms with Gasteiger partial charge in [-0.25, -0.2) is 0 Å². The molecule has 0 bridgehead atoms. The van der Waals surface area contributed by atoms with Gasteiger partial charge in [0.1, 0.15) is 18.1 Å². The van der Waals surface area contributed by atoms with Crippen molar-refractivity contribution >= 4 is 37.6 Å². The van der Waals surface area contributed by atoms with Crippen LogP contribution in [-0.4, -0.2) is 19.5 Å². The lowest BCUT2D eigenvalue weighted by Gasteiger charge is -2.10. The maximum atomic E-state index is 11.9. The van der Waals surface area contributed by atoms with Gasteiger partial charge in [0.15, 0.2) is 5.78 Å². The molecular weight excluding hydrogens is 400 g/mol. The second-order valence-corrected chi connectivity index (χ2v) is 6.12. The lowest BCUT2D eigenvalue weighted by atomic mass is 10.1. The molecule has 0 saturated carbocycles. The lowest BCUT2D eigenvalue weighted by molar-refractivity contribution is -0.120. The topological polar surface area (TPSA) is 35.5 Å². The molecule has 0 unspecified atom stereocenters. The first-order valence-electron chi connectivity index (χ1n) is 6.31. The molecule has 0 spiro atoms. The van der Waals surface area contributed by atoms with Crippen LogP contribution in [0.2, 0.25) is 0 Å². The summed E-state index contributed by atoms with van der Waals surface area (Å²) in [4.78, 5) is 11.9. The van der Waals surface area contributed by atoms with Gasteiger partial charge in [-0.15, -0.1) is 0 Å². The molecule has 0 aliphatic heterocycles. The Bertz CT molecular complexity index is 627. The van der Waals surface area contributed by atoms with Gasteiger partial charge >= 0.3 is 0 Å². The Hall–Kier alpha value is -1.33. The standard InChI is InChI=1S/C16H14Br2O3/c1-20-15-8-14(18)16(9-13(15)17)21-10-12(19)7-11-5-3-2-4-6-11/h2-6,8-9H,7,10H2,1H3. The smallest absolute Gasteiger partial charge is 0.174 e. The van der Waals surface area contributed by atoms with E-state index in [-0.39, 0.29) is 12.4 Å². The molecule has 0 fully saturated rings. The predicted octanol–water partition coefficient (Wildman–Crippen LogP) is 4.41. The number of carbonyl (C=O) groups excluding carboxylic acids is 1. The number of hydrogen-bond donors (Lipinski definition) is 0. The minimum Gasteiger partial charge on any atom is -0.496 e. The van der Waals surface area contributed by atoms with Crippen LogP contribution >= 0.6 is 31.9 Å². The normalized spacial score (nSPS) is 10.2. The first-order valence-corrected chi connectivity index (χ1v) is 7.90. The van der Waals surface area contributed by atoms with E-state index in [2.05, 4.69) is 31.9 Å². The zero-order chi connectivity index (χ0) is 15.2. The van der Waals surface area contributed by atoms with Crippen molar-refractivity contribution in [2.24, 2.45) is 0 Å². The van der Waals surface area contributed by atoms with Crippen molar-refractivity contribution in [1.82, 2.24) is 0 Å². The van der Waals surface area contributed by atoms with Crippen LogP contribution in [0, 0.1) is 0 Å². The first-order chi connectivity index (χ1) is 10.1. The van der Waals surface area contributed by atoms with Crippen LogP contribution in [0.5, 0.6) is 11.5 Å². The molecule has 0 aromatic heterocycles. The van der Waals surface area contributed by atoms with Crippen LogP contribution in [-0.2, 0) is 11.2 Å². The number of rotatable bonds is 6. The number of halogens is 2. The molecule has 0 atom stereocenters. The summed E-state index contributed by atoms with van der Waals surface area (Å²) in [5, 5.41) is 0. The highest BCUT2D eigenvalue weighted by Crippen LogP contribution is 2.35. The van der Waals surface area contributed by atoms with Crippen molar-refractivity contribution in [3.05, 3.63) is 57.0 Å². The van der Waals surface area contributed by atoms with E-state index in [0.717, 1.165) is 14.5 Å². The van der Waals surface area contributed by atoms with Crippen molar-refractivity contribution in [2.75, 3.05) is 13.7 Å². The van der Waals surface area contributed by atoms with Gasteiger partial charge in [0.25, 0.3) is 0 Å². The van der Waals surface area contributed by atoms with Crippen LogP contribution < -0.4 is 9.47 Å². The molecule has 0 amide bonds. The summed E-state index contributed by atoms with van der Waals surface area (Å²) in [7, 11) is 1.59. The molecule has 2 rings (SSSR count). The van der Waals surface area contributed by atoms with E-state index in [0.29, 0.717) is 17.9 Å². The van der Waals surface area contributed by atoms with Gasteiger partial charge < -0.3 is 9.47 Å². The van der Waals surface area contributed by atoms with E-state index in [4.69, 9.17) is 9.47 Å². The minimum atomic E-state index is 0.0278. The van der Waals surface area contributed by atoms with Crippen LogP contribution in [0.1, 0.15) is 5.56 Å². The summed E-state index contributed by atoms with van der Waals surface area (Å²) < 4.78 is 12.3. The molecule has 0 aliphatic carbocycles. The van der Waals surface area contributed by atoms with E-state index >= 15 is 0 Å². The SMILES string of the molecule is COc1cc(Br)c(OCC(=O)Cc2ccccc2)cc1Br. The summed E-state index contributed by atoms with van der Waals surface area (Å²) >= 11 is 6.79. The van der Waals surface area contributed by atoms with E-state index in [1.165, 1.54) is 0 Å². The molecule has 2 aromatic rings. The summed E-state index contributed by atoms with van der Waals surface area (Å²) in [6, 6.07) is 13.2. The van der Waals surface area contributed by atoms with Crippen LogP contribution in [0.15, 0.2) is 51.4 Å². The van der Waals surface area contributed by atoms with Crippen LogP contribution in [0.25, 0.3) is 0 Å². The largest absolute Gasteiger partial charge is 0.496 e. The average molecular weight is 414 g/mol. The number of hydrogen-bond acceptors (Lipinski definition) is 3. The fourth-order valence-corrected chi connectivity index (χ4v) is 2.73. The number of ether oxygens (including phenoxy) is 2. The van der Waals surface area contributed by atoms with E-state index in [9.17, 15) is 4.79 Å². The van der Waals surface area contributed by atoms with Crippen molar-refractivity contribution in [3.63, 3.8) is 0 Å². The summed E-state index contributed by atoms with van der Waals surface area (Å²) in [6.45, 7) is 0.0340. The third-order valence-electron chi connectivity index (χ3n) is 2.84. The summed E-state index contributed by atoms with van der Waals surface area (Å²) in [6.07, 6.45) is 0.371. The Labute approximate surface area is 140 Å². The third-order valence-corrected chi connectivity index (χ3v) is 4.08. The predicted molar refractivity (Wildman–Crippen MR) is 89.0 cm³/mol. The van der Waals surface area contributed by atoms with Gasteiger partial charge in [-0.2, -0.15) is 0 Å². The molecule has 0 heterocycles. The van der Waals surface area contributed by atoms with Crippen LogP contribution in [0.4, 0.5) is 0 Å². The molecule has 110 valence electrons. The van der Waals surface area contributed by atoms with Crippen molar-refractivity contribution < 1.29 is 14.3 Å². The van der Waals surface area contributed by atoms with Gasteiger partial charge in [-0.05, 0) is 49.6 Å². The highest BCUT2D eigenvalue weighted by Gasteiger charge is 2.10. The Kier molecular flexibility index (Phi) is 5.82. The van der Waals surface area contributed by atoms with Gasteiger partial charge in [0, 0.05) is 6.42 Å². The Morgan fingerprint density at radius 2 is 1.67 bits per heavy atom. The highest BCUT2D eigenvalue weighted by molar-refractivity contribution is 9.11. The minimum absolute atomic E-state index is 0.0278. The Balaban J connectivity index is 1.97. The van der Waals surface area contributed by atoms with E-state index < -0.39 is 0 Å². The number of methoxy groups -OCH3 is 1. The molecule has 0 radical (unpaired) electrons. The first kappa shape index (κ1) is 16.0. The number of benzene rings is 2. The molecule has 2 aromatic carbocycles. The molecule has 21 heavy (non-hydrogen) atoms. The highest BCUT2D eigenvalue weighted by atomic mass is 79.9. The van der Waals surface area contributed by atoms with Gasteiger partial charge in [0.2, 0.25) is 0 Å². The zero-order valence-electron chi connectivity index (χ0n) is 11.4. The zero-order valence-corrected chi connectivity index (χ0v) is 14.6. The van der Waals surface area contributed by atoms with Gasteiger partial charge in [-0.3, -0.25) is 4.79 Å². The van der Waals surface area contributed by atoms with Gasteiger partial charge in [0.05, 0.1) is 16.1 Å². The fraction of sp³-hybridized carbons (Fsp3) is 0.188. The molecular formula is C16H14Br2O3. The lowest BCUT2D eigenvalue weighted by Crippen LogP contribution is -2.14. The monoisotopic (exact) mass is 412 g/mol. The van der Waals surface area contributed by atoms with E-state index in [1.54, 1.807) is 19.2 Å². The third kappa shape index (κ3) is 4.58. The van der Waals surface area contributed by atoms with Crippen molar-refractivity contribution in [2.45, 2.75) is 6.42 Å². The Morgan fingerprint density at radius 3 is 2.33 bits per heavy atom. The quantitative estimate of drug-likeness (QED) is 0.703. The second-order valence-electron chi connectivity index (χ2n) is 4.41. The molecule has 3 nitrogen and oxygen atoms in total. The van der Waals surface area contributed by atoms with Crippen molar-refractivity contribution in [3.8, 4) is 11.5 Å². The molecule has 0 saturated heterocycles. The second kappa shape index (κ2) is 7.61. The summed E-state index contributed by atoms with van der Waals surface area (Å²) in [5.74, 6) is 1.33. The van der Waals surface area contributed by atoms with Crippen molar-refractivity contribution in [1.29, 1.82) is 0 Å². The van der Waals surface area contributed by atoms with E-state index in [1.807, 2.05) is 30.3 Å².